The Morgan fingerprint density at radius 2 is 1.59 bits per heavy atom. The summed E-state index contributed by atoms with van der Waals surface area (Å²) >= 11 is 0. The van der Waals surface area contributed by atoms with E-state index in [0.717, 1.165) is 27.6 Å². The Balaban J connectivity index is 1.31. The normalized spacial score (nSPS) is 16.1. The zero-order valence-electron chi connectivity index (χ0n) is 19.6. The van der Waals surface area contributed by atoms with E-state index < -0.39 is 0 Å². The summed E-state index contributed by atoms with van der Waals surface area (Å²) in [5, 5.41) is 5.32. The molecule has 6 nitrogen and oxygen atoms in total. The van der Waals surface area contributed by atoms with Crippen molar-refractivity contribution in [2.24, 2.45) is 5.92 Å². The van der Waals surface area contributed by atoms with Crippen molar-refractivity contribution in [2.45, 2.75) is 19.9 Å². The number of aromatic nitrogens is 2. The van der Waals surface area contributed by atoms with Crippen molar-refractivity contribution in [3.05, 3.63) is 85.2 Å². The van der Waals surface area contributed by atoms with Gasteiger partial charge >= 0.3 is 6.03 Å². The Kier molecular flexibility index (Phi) is 6.12. The Morgan fingerprint density at radius 1 is 0.882 bits per heavy atom. The number of carbonyl (C=O) groups is 1. The van der Waals surface area contributed by atoms with Crippen LogP contribution in [0.3, 0.4) is 0 Å². The van der Waals surface area contributed by atoms with Gasteiger partial charge in [-0.2, -0.15) is 0 Å². The van der Waals surface area contributed by atoms with Crippen LogP contribution in [0.25, 0.3) is 21.9 Å². The van der Waals surface area contributed by atoms with Gasteiger partial charge in [0, 0.05) is 43.0 Å². The van der Waals surface area contributed by atoms with E-state index in [2.05, 4.69) is 58.3 Å². The Hall–Kier alpha value is -3.93. The highest BCUT2D eigenvalue weighted by atomic mass is 16.2. The molecule has 4 aromatic rings. The molecule has 0 radical (unpaired) electrons. The second-order valence-corrected chi connectivity index (χ2v) is 9.05. The third-order valence-corrected chi connectivity index (χ3v) is 6.51. The van der Waals surface area contributed by atoms with Crippen molar-refractivity contribution in [3.8, 4) is 11.1 Å². The van der Waals surface area contributed by atoms with Crippen molar-refractivity contribution in [1.29, 1.82) is 0 Å². The summed E-state index contributed by atoms with van der Waals surface area (Å²) in [6, 6.07) is 24.2. The molecule has 1 fully saturated rings. The molecule has 6 heteroatoms. The molecule has 0 bridgehead atoms. The number of amides is 2. The van der Waals surface area contributed by atoms with E-state index in [1.165, 1.54) is 0 Å². The highest BCUT2D eigenvalue weighted by Crippen LogP contribution is 2.26. The molecule has 1 aliphatic heterocycles. The summed E-state index contributed by atoms with van der Waals surface area (Å²) in [6.45, 7) is 6.32. The average molecular weight is 452 g/mol. The first-order chi connectivity index (χ1) is 16.6. The maximum Gasteiger partial charge on any atom is 0.322 e. The molecule has 2 amide bonds. The van der Waals surface area contributed by atoms with E-state index in [1.54, 1.807) is 0 Å². The Morgan fingerprint density at radius 3 is 2.35 bits per heavy atom. The molecule has 0 aliphatic carbocycles. The molecule has 5 rings (SSSR count). The van der Waals surface area contributed by atoms with E-state index >= 15 is 0 Å². The van der Waals surface area contributed by atoms with Gasteiger partial charge in [0.1, 0.15) is 0 Å². The number of carbonyl (C=O) groups excluding carboxylic acids is 1. The molecular formula is C28H29N5O. The van der Waals surface area contributed by atoms with Gasteiger partial charge in [0.2, 0.25) is 5.95 Å². The SMILES string of the molecule is CC(C)C1CN(c2ncc(-c3ccccc3)cn2)CCN1C(=O)Nc1cccc2ccccc12. The number of rotatable bonds is 4. The lowest BCUT2D eigenvalue weighted by atomic mass is 10.00. The van der Waals surface area contributed by atoms with Crippen LogP contribution in [0.5, 0.6) is 0 Å². The zero-order chi connectivity index (χ0) is 23.5. The number of hydrogen-bond donors (Lipinski definition) is 1. The molecule has 34 heavy (non-hydrogen) atoms. The minimum Gasteiger partial charge on any atom is -0.337 e. The smallest absolute Gasteiger partial charge is 0.322 e. The first-order valence-corrected chi connectivity index (χ1v) is 11.8. The van der Waals surface area contributed by atoms with E-state index in [1.807, 2.05) is 65.8 Å². The molecule has 3 aromatic carbocycles. The topological polar surface area (TPSA) is 61.4 Å². The average Bonchev–Trinajstić information content (AvgIpc) is 2.89. The number of piperazine rings is 1. The second kappa shape index (κ2) is 9.51. The Labute approximate surface area is 200 Å². The molecule has 1 aliphatic rings. The van der Waals surface area contributed by atoms with Crippen LogP contribution in [0.2, 0.25) is 0 Å². The quantitative estimate of drug-likeness (QED) is 0.434. The number of urea groups is 1. The predicted molar refractivity (Wildman–Crippen MR) is 138 cm³/mol. The summed E-state index contributed by atoms with van der Waals surface area (Å²) in [5.41, 5.74) is 2.94. The van der Waals surface area contributed by atoms with Gasteiger partial charge in [0.05, 0.1) is 11.7 Å². The van der Waals surface area contributed by atoms with Gasteiger partial charge in [-0.15, -0.1) is 0 Å². The fraction of sp³-hybridized carbons (Fsp3) is 0.250. The van der Waals surface area contributed by atoms with Crippen molar-refractivity contribution >= 4 is 28.4 Å². The number of nitrogens with one attached hydrogen (secondary N) is 1. The molecule has 1 unspecified atom stereocenters. The second-order valence-electron chi connectivity index (χ2n) is 9.05. The van der Waals surface area contributed by atoms with Crippen molar-refractivity contribution in [1.82, 2.24) is 14.9 Å². The fourth-order valence-electron chi connectivity index (χ4n) is 4.60. The number of benzene rings is 3. The molecule has 1 N–H and O–H groups in total. The molecule has 0 spiro atoms. The summed E-state index contributed by atoms with van der Waals surface area (Å²) in [5.74, 6) is 1.00. The zero-order valence-corrected chi connectivity index (χ0v) is 19.6. The Bertz CT molecular complexity index is 1270. The fourth-order valence-corrected chi connectivity index (χ4v) is 4.60. The van der Waals surface area contributed by atoms with Crippen LogP contribution in [-0.2, 0) is 0 Å². The summed E-state index contributed by atoms with van der Waals surface area (Å²) in [6.07, 6.45) is 3.75. The van der Waals surface area contributed by atoms with Crippen molar-refractivity contribution < 1.29 is 4.79 Å². The monoisotopic (exact) mass is 451 g/mol. The van der Waals surface area contributed by atoms with Crippen LogP contribution in [0.1, 0.15) is 13.8 Å². The summed E-state index contributed by atoms with van der Waals surface area (Å²) in [4.78, 5) is 26.8. The van der Waals surface area contributed by atoms with Crippen LogP contribution in [-0.4, -0.2) is 46.6 Å². The van der Waals surface area contributed by atoms with Gasteiger partial charge in [-0.05, 0) is 22.9 Å². The van der Waals surface area contributed by atoms with Gasteiger partial charge < -0.3 is 15.1 Å². The largest absolute Gasteiger partial charge is 0.337 e. The van der Waals surface area contributed by atoms with Crippen molar-refractivity contribution in [3.63, 3.8) is 0 Å². The third kappa shape index (κ3) is 4.44. The highest BCUT2D eigenvalue weighted by Gasteiger charge is 2.33. The lowest BCUT2D eigenvalue weighted by Crippen LogP contribution is -2.58. The van der Waals surface area contributed by atoms with Crippen LogP contribution >= 0.6 is 0 Å². The van der Waals surface area contributed by atoms with E-state index in [9.17, 15) is 4.79 Å². The predicted octanol–water partition coefficient (Wildman–Crippen LogP) is 5.68. The number of hydrogen-bond acceptors (Lipinski definition) is 4. The van der Waals surface area contributed by atoms with Crippen LogP contribution in [0, 0.1) is 5.92 Å². The first-order valence-electron chi connectivity index (χ1n) is 11.8. The van der Waals surface area contributed by atoms with Gasteiger partial charge in [0.15, 0.2) is 0 Å². The van der Waals surface area contributed by atoms with Crippen molar-refractivity contribution in [2.75, 3.05) is 29.9 Å². The van der Waals surface area contributed by atoms with Crippen LogP contribution in [0.4, 0.5) is 16.4 Å². The van der Waals surface area contributed by atoms with Gasteiger partial charge in [-0.3, -0.25) is 0 Å². The first kappa shape index (κ1) is 21.9. The highest BCUT2D eigenvalue weighted by molar-refractivity contribution is 6.01. The minimum absolute atomic E-state index is 0.0566. The molecule has 1 atom stereocenters. The molecule has 2 heterocycles. The molecule has 172 valence electrons. The maximum absolute atomic E-state index is 13.3. The van der Waals surface area contributed by atoms with E-state index in [4.69, 9.17) is 0 Å². The summed E-state index contributed by atoms with van der Waals surface area (Å²) in [7, 11) is 0. The number of anilines is 2. The van der Waals surface area contributed by atoms with Gasteiger partial charge in [-0.1, -0.05) is 80.6 Å². The van der Waals surface area contributed by atoms with Gasteiger partial charge in [-0.25, -0.2) is 14.8 Å². The minimum atomic E-state index is -0.0601. The standard InChI is InChI=1S/C28H29N5O/c1-20(2)26-19-32(27-29-17-23(18-30-27)21-9-4-3-5-10-21)15-16-33(26)28(34)31-25-14-8-12-22-11-6-7-13-24(22)25/h3-14,17-18,20,26H,15-16,19H2,1-2H3,(H,31,34). The van der Waals surface area contributed by atoms with Crippen LogP contribution < -0.4 is 10.2 Å². The molecule has 1 aromatic heterocycles. The lowest BCUT2D eigenvalue weighted by molar-refractivity contribution is 0.156. The molecule has 1 saturated heterocycles. The molecular weight excluding hydrogens is 422 g/mol. The maximum atomic E-state index is 13.3. The van der Waals surface area contributed by atoms with E-state index in [0.29, 0.717) is 31.5 Å². The summed E-state index contributed by atoms with van der Waals surface area (Å²) < 4.78 is 0. The number of nitrogens with zero attached hydrogens (tertiary/aromatic N) is 4. The number of fused-ring (bicyclic) bond motifs is 1. The molecule has 0 saturated carbocycles. The van der Waals surface area contributed by atoms with Gasteiger partial charge in [0.25, 0.3) is 0 Å². The lowest BCUT2D eigenvalue weighted by Gasteiger charge is -2.43. The van der Waals surface area contributed by atoms with E-state index in [-0.39, 0.29) is 12.1 Å². The third-order valence-electron chi connectivity index (χ3n) is 6.51. The van der Waals surface area contributed by atoms with Crippen LogP contribution in [0.15, 0.2) is 85.2 Å².